The summed E-state index contributed by atoms with van der Waals surface area (Å²) in [5, 5.41) is 0. The first-order valence-electron chi connectivity index (χ1n) is 7.59. The average molecular weight is 276 g/mol. The molecule has 1 heteroatoms. The number of allylic oxidation sites excluding steroid dienone is 8. The minimum atomic E-state index is 0.517. The summed E-state index contributed by atoms with van der Waals surface area (Å²) in [7, 11) is 4.14. The summed E-state index contributed by atoms with van der Waals surface area (Å²) in [5.74, 6) is 0.517. The lowest BCUT2D eigenvalue weighted by Crippen LogP contribution is -2.09. The van der Waals surface area contributed by atoms with E-state index in [0.717, 1.165) is 12.8 Å². The van der Waals surface area contributed by atoms with Crippen LogP contribution in [0.2, 0.25) is 0 Å². The molecule has 3 rings (SSSR count). The molecule has 0 aromatic heterocycles. The molecule has 0 radical (unpaired) electrons. The van der Waals surface area contributed by atoms with Gasteiger partial charge in [0.2, 0.25) is 0 Å². The van der Waals surface area contributed by atoms with Gasteiger partial charge in [-0.25, -0.2) is 4.58 Å². The quantitative estimate of drug-likeness (QED) is 0.566. The highest BCUT2D eigenvalue weighted by atomic mass is 14.9. The van der Waals surface area contributed by atoms with Crippen LogP contribution in [0.25, 0.3) is 0 Å². The highest BCUT2D eigenvalue weighted by Gasteiger charge is 2.14. The summed E-state index contributed by atoms with van der Waals surface area (Å²) in [6.07, 6.45) is 17.9. The molecule has 0 spiro atoms. The molecular weight excluding hydrogens is 254 g/mol. The van der Waals surface area contributed by atoms with Crippen LogP contribution in [0.15, 0.2) is 72.4 Å². The third-order valence-electron chi connectivity index (χ3n) is 4.18. The van der Waals surface area contributed by atoms with E-state index in [1.54, 1.807) is 0 Å². The fourth-order valence-corrected chi connectivity index (χ4v) is 2.92. The second kappa shape index (κ2) is 6.09. The maximum atomic E-state index is 2.35. The van der Waals surface area contributed by atoms with Crippen molar-refractivity contribution in [2.24, 2.45) is 0 Å². The summed E-state index contributed by atoms with van der Waals surface area (Å²) < 4.78 is 2.13. The van der Waals surface area contributed by atoms with Gasteiger partial charge in [-0.15, -0.1) is 0 Å². The molecule has 1 nitrogen and oxygen atoms in total. The van der Waals surface area contributed by atoms with E-state index in [9.17, 15) is 0 Å². The van der Waals surface area contributed by atoms with Crippen molar-refractivity contribution in [3.05, 3.63) is 83.5 Å². The standard InChI is InChI=1S/C20H22N/c1-21(2)19-14-11-16(12-15-19)10-13-18-8-5-7-17-6-3-4-9-20(17)18/h3-6,8-12,14-15,18H,7,13H2,1-2H3/q+1. The van der Waals surface area contributed by atoms with Crippen molar-refractivity contribution in [2.75, 3.05) is 14.1 Å². The molecule has 1 aromatic carbocycles. The Labute approximate surface area is 127 Å². The summed E-state index contributed by atoms with van der Waals surface area (Å²) in [4.78, 5) is 0. The number of fused-ring (bicyclic) bond motifs is 1. The second-order valence-corrected chi connectivity index (χ2v) is 5.86. The Morgan fingerprint density at radius 3 is 2.62 bits per heavy atom. The Bertz CT molecular complexity index is 662. The van der Waals surface area contributed by atoms with Crippen LogP contribution in [0, 0.1) is 0 Å². The smallest absolute Gasteiger partial charge is 0.199 e. The number of hydrogen-bond acceptors (Lipinski definition) is 0. The first-order valence-corrected chi connectivity index (χ1v) is 7.59. The minimum absolute atomic E-state index is 0.517. The van der Waals surface area contributed by atoms with Crippen molar-refractivity contribution >= 4 is 5.71 Å². The zero-order valence-electron chi connectivity index (χ0n) is 12.8. The monoisotopic (exact) mass is 276 g/mol. The van der Waals surface area contributed by atoms with Gasteiger partial charge in [0.15, 0.2) is 5.71 Å². The summed E-state index contributed by atoms with van der Waals surface area (Å²) in [6, 6.07) is 8.81. The van der Waals surface area contributed by atoms with E-state index in [4.69, 9.17) is 0 Å². The van der Waals surface area contributed by atoms with E-state index in [0.29, 0.717) is 5.92 Å². The van der Waals surface area contributed by atoms with Gasteiger partial charge in [0.05, 0.1) is 0 Å². The van der Waals surface area contributed by atoms with Crippen LogP contribution in [-0.2, 0) is 6.42 Å². The van der Waals surface area contributed by atoms with Crippen LogP contribution < -0.4 is 0 Å². The van der Waals surface area contributed by atoms with Gasteiger partial charge < -0.3 is 0 Å². The number of rotatable bonds is 2. The fraction of sp³-hybridized carbons (Fsp3) is 0.250. The first-order chi connectivity index (χ1) is 10.2. The number of nitrogens with zero attached hydrogens (tertiary/aromatic N) is 1. The van der Waals surface area contributed by atoms with E-state index < -0.39 is 0 Å². The van der Waals surface area contributed by atoms with Crippen molar-refractivity contribution in [1.82, 2.24) is 0 Å². The molecule has 2 aliphatic rings. The lowest BCUT2D eigenvalue weighted by atomic mass is 9.85. The van der Waals surface area contributed by atoms with Crippen LogP contribution in [0.1, 0.15) is 23.5 Å². The van der Waals surface area contributed by atoms with Crippen LogP contribution in [-0.4, -0.2) is 24.4 Å². The number of hydrogen-bond donors (Lipinski definition) is 0. The largest absolute Gasteiger partial charge is 0.235 e. The average Bonchev–Trinajstić information content (AvgIpc) is 2.53. The predicted octanol–water partition coefficient (Wildman–Crippen LogP) is 4.04. The molecule has 0 aliphatic heterocycles. The van der Waals surface area contributed by atoms with E-state index in [1.807, 2.05) is 0 Å². The Morgan fingerprint density at radius 1 is 1.10 bits per heavy atom. The van der Waals surface area contributed by atoms with Crippen LogP contribution >= 0.6 is 0 Å². The zero-order valence-corrected chi connectivity index (χ0v) is 12.8. The minimum Gasteiger partial charge on any atom is -0.235 e. The molecule has 0 fully saturated rings. The topological polar surface area (TPSA) is 3.01 Å². The van der Waals surface area contributed by atoms with E-state index >= 15 is 0 Å². The Hall–Kier alpha value is -2.15. The summed E-state index contributed by atoms with van der Waals surface area (Å²) in [6.45, 7) is 0. The molecular formula is C20H22N+. The maximum Gasteiger partial charge on any atom is 0.199 e. The van der Waals surface area contributed by atoms with E-state index in [-0.39, 0.29) is 0 Å². The van der Waals surface area contributed by atoms with E-state index in [1.165, 1.54) is 22.4 Å². The van der Waals surface area contributed by atoms with Gasteiger partial charge in [-0.05, 0) is 41.7 Å². The van der Waals surface area contributed by atoms with Crippen molar-refractivity contribution in [3.8, 4) is 0 Å². The molecule has 2 aliphatic carbocycles. The van der Waals surface area contributed by atoms with Gasteiger partial charge in [0.1, 0.15) is 14.1 Å². The highest BCUT2D eigenvalue weighted by molar-refractivity contribution is 6.02. The van der Waals surface area contributed by atoms with Gasteiger partial charge in [-0.1, -0.05) is 42.5 Å². The third-order valence-corrected chi connectivity index (χ3v) is 4.18. The molecule has 0 saturated carbocycles. The molecule has 1 atom stereocenters. The van der Waals surface area contributed by atoms with Gasteiger partial charge in [-0.2, -0.15) is 0 Å². The molecule has 1 aromatic rings. The normalized spacial score (nSPS) is 19.6. The molecule has 0 heterocycles. The SMILES string of the molecule is C[N+](C)=C1C=CC(=CCC2C=CCc3ccccc32)C=C1. The molecule has 0 bridgehead atoms. The molecule has 0 N–H and O–H groups in total. The number of benzene rings is 1. The third kappa shape index (κ3) is 3.13. The lowest BCUT2D eigenvalue weighted by Gasteiger charge is -2.19. The molecule has 21 heavy (non-hydrogen) atoms. The Morgan fingerprint density at radius 2 is 1.86 bits per heavy atom. The Kier molecular flexibility index (Phi) is 4.01. The highest BCUT2D eigenvalue weighted by Crippen LogP contribution is 2.30. The van der Waals surface area contributed by atoms with Gasteiger partial charge in [0.25, 0.3) is 0 Å². The lowest BCUT2D eigenvalue weighted by molar-refractivity contribution is -0.462. The molecule has 0 amide bonds. The van der Waals surface area contributed by atoms with Gasteiger partial charge >= 0.3 is 0 Å². The molecule has 0 saturated heterocycles. The zero-order chi connectivity index (χ0) is 14.7. The van der Waals surface area contributed by atoms with Gasteiger partial charge in [-0.3, -0.25) is 0 Å². The van der Waals surface area contributed by atoms with Crippen molar-refractivity contribution in [1.29, 1.82) is 0 Å². The second-order valence-electron chi connectivity index (χ2n) is 5.86. The Balaban J connectivity index is 1.74. The summed E-state index contributed by atoms with van der Waals surface area (Å²) >= 11 is 0. The van der Waals surface area contributed by atoms with Crippen LogP contribution in [0.4, 0.5) is 0 Å². The fourth-order valence-electron chi connectivity index (χ4n) is 2.92. The van der Waals surface area contributed by atoms with Crippen LogP contribution in [0.3, 0.4) is 0 Å². The van der Waals surface area contributed by atoms with Crippen LogP contribution in [0.5, 0.6) is 0 Å². The first kappa shape index (κ1) is 13.8. The predicted molar refractivity (Wildman–Crippen MR) is 90.1 cm³/mol. The molecule has 106 valence electrons. The van der Waals surface area contributed by atoms with E-state index in [2.05, 4.69) is 85.5 Å². The summed E-state index contributed by atoms with van der Waals surface area (Å²) in [5.41, 5.74) is 5.51. The van der Waals surface area contributed by atoms with Gasteiger partial charge in [0, 0.05) is 18.1 Å². The van der Waals surface area contributed by atoms with Crippen molar-refractivity contribution in [2.45, 2.75) is 18.8 Å². The maximum absolute atomic E-state index is 2.35. The van der Waals surface area contributed by atoms with Crippen molar-refractivity contribution < 1.29 is 4.58 Å². The molecule has 1 unspecified atom stereocenters. The van der Waals surface area contributed by atoms with Crippen molar-refractivity contribution in [3.63, 3.8) is 0 Å².